The number of hydrogen-bond donors (Lipinski definition) is 2. The summed E-state index contributed by atoms with van der Waals surface area (Å²) in [7, 11) is -4.18. The lowest BCUT2D eigenvalue weighted by atomic mass is 9.85. The first kappa shape index (κ1) is 33.9. The van der Waals surface area contributed by atoms with Crippen LogP contribution >= 0.6 is 11.3 Å². The maximum Gasteiger partial charge on any atom is 0.404 e. The Balaban J connectivity index is 1.80. The van der Waals surface area contributed by atoms with Crippen LogP contribution in [-0.2, 0) is 27.3 Å². The fraction of sp³-hybridized carbons (Fsp3) is 0.536. The first-order valence-corrected chi connectivity index (χ1v) is 16.3. The summed E-state index contributed by atoms with van der Waals surface area (Å²) in [4.78, 5) is 15.4. The van der Waals surface area contributed by atoms with E-state index in [0.29, 0.717) is 19.0 Å². The highest BCUT2D eigenvalue weighted by molar-refractivity contribution is 7.98. The molecule has 0 aliphatic heterocycles. The zero-order chi connectivity index (χ0) is 32.6. The van der Waals surface area contributed by atoms with Crippen molar-refractivity contribution in [2.45, 2.75) is 89.3 Å². The van der Waals surface area contributed by atoms with Gasteiger partial charge in [-0.2, -0.15) is 13.2 Å². The number of nitrogens with one attached hydrogen (secondary N) is 1. The SMILES string of the molecule is C=S(=O)(N[C@@H](C)C(F)(F)F)c1ccc(-c2sc(-c3nnc(CC(C)(C)C(=O)O)o3)nc2CC2CCCCC2)c(C(F)F)c1F. The average molecular weight is 667 g/mol. The smallest absolute Gasteiger partial charge is 0.404 e. The van der Waals surface area contributed by atoms with Crippen molar-refractivity contribution in [1.82, 2.24) is 19.9 Å². The van der Waals surface area contributed by atoms with Crippen molar-refractivity contribution in [3.8, 4) is 21.3 Å². The molecule has 1 aliphatic rings. The number of halogens is 6. The fourth-order valence-corrected chi connectivity index (χ4v) is 7.55. The van der Waals surface area contributed by atoms with Gasteiger partial charge in [0.25, 0.3) is 12.3 Å². The number of carboxylic acids is 1. The largest absolute Gasteiger partial charge is 0.481 e. The molecule has 8 nitrogen and oxygen atoms in total. The van der Waals surface area contributed by atoms with Crippen LogP contribution < -0.4 is 4.72 Å². The monoisotopic (exact) mass is 666 g/mol. The fourth-order valence-electron chi connectivity index (χ4n) is 4.98. The molecule has 0 radical (unpaired) electrons. The van der Waals surface area contributed by atoms with Crippen molar-refractivity contribution >= 4 is 32.9 Å². The number of hydrogen-bond acceptors (Lipinski definition) is 7. The molecule has 0 amide bonds. The molecule has 1 unspecified atom stereocenters. The number of carbonyl (C=O) groups is 1. The molecule has 16 heteroatoms. The first-order valence-electron chi connectivity index (χ1n) is 13.8. The summed E-state index contributed by atoms with van der Waals surface area (Å²) in [6, 6.07) is -0.376. The number of nitrogens with zero attached hydrogens (tertiary/aromatic N) is 3. The summed E-state index contributed by atoms with van der Waals surface area (Å²) in [5.41, 5.74) is -2.25. The van der Waals surface area contributed by atoms with Crippen LogP contribution in [0.3, 0.4) is 0 Å². The number of aliphatic carboxylic acids is 1. The van der Waals surface area contributed by atoms with E-state index in [-0.39, 0.29) is 39.6 Å². The molecule has 0 bridgehead atoms. The van der Waals surface area contributed by atoms with Crippen molar-refractivity contribution in [2.75, 3.05) is 0 Å². The molecule has 0 saturated heterocycles. The van der Waals surface area contributed by atoms with Crippen LogP contribution in [0.4, 0.5) is 26.3 Å². The summed E-state index contributed by atoms with van der Waals surface area (Å²) in [5.74, 6) is 0.601. The molecule has 2 atom stereocenters. The summed E-state index contributed by atoms with van der Waals surface area (Å²) < 4.78 is 104. The minimum absolute atomic E-state index is 0.0208. The van der Waals surface area contributed by atoms with Crippen LogP contribution in [0.1, 0.15) is 76.4 Å². The molecule has 2 aromatic heterocycles. The van der Waals surface area contributed by atoms with Gasteiger partial charge in [0.1, 0.15) is 11.9 Å². The number of carboxylic acid groups (broad SMARTS) is 1. The van der Waals surface area contributed by atoms with Crippen LogP contribution in [0.2, 0.25) is 0 Å². The lowest BCUT2D eigenvalue weighted by Gasteiger charge is -2.22. The Morgan fingerprint density at radius 3 is 2.45 bits per heavy atom. The summed E-state index contributed by atoms with van der Waals surface area (Å²) in [6.07, 6.45) is -3.19. The van der Waals surface area contributed by atoms with Gasteiger partial charge in [0.15, 0.2) is 5.01 Å². The number of rotatable bonds is 11. The highest BCUT2D eigenvalue weighted by Crippen LogP contribution is 2.43. The second-order valence-corrected chi connectivity index (χ2v) is 14.6. The number of thiazole rings is 1. The summed E-state index contributed by atoms with van der Waals surface area (Å²) in [6.45, 7) is 3.63. The van der Waals surface area contributed by atoms with Crippen molar-refractivity contribution in [3.63, 3.8) is 0 Å². The van der Waals surface area contributed by atoms with Crippen LogP contribution in [0.25, 0.3) is 21.3 Å². The summed E-state index contributed by atoms with van der Waals surface area (Å²) >= 11 is 0.885. The van der Waals surface area contributed by atoms with E-state index in [1.807, 2.05) is 0 Å². The van der Waals surface area contributed by atoms with Crippen molar-refractivity contribution in [2.24, 2.45) is 11.3 Å². The topological polar surface area (TPSA) is 118 Å². The predicted molar refractivity (Wildman–Crippen MR) is 153 cm³/mol. The molecule has 242 valence electrons. The second-order valence-electron chi connectivity index (χ2n) is 11.6. The molecule has 1 aromatic carbocycles. The average Bonchev–Trinajstić information content (AvgIpc) is 3.54. The molecule has 3 aromatic rings. The van der Waals surface area contributed by atoms with Gasteiger partial charge >= 0.3 is 12.1 Å². The maximum absolute atomic E-state index is 15.7. The Kier molecular flexibility index (Phi) is 9.86. The Morgan fingerprint density at radius 1 is 1.20 bits per heavy atom. The van der Waals surface area contributed by atoms with Gasteiger partial charge in [0.05, 0.1) is 36.2 Å². The van der Waals surface area contributed by atoms with Gasteiger partial charge in [-0.1, -0.05) is 38.2 Å². The third-order valence-electron chi connectivity index (χ3n) is 7.55. The lowest BCUT2D eigenvalue weighted by molar-refractivity contribution is -0.147. The molecule has 1 saturated carbocycles. The van der Waals surface area contributed by atoms with Gasteiger partial charge in [0, 0.05) is 12.0 Å². The van der Waals surface area contributed by atoms with Crippen LogP contribution in [-0.4, -0.2) is 48.6 Å². The predicted octanol–water partition coefficient (Wildman–Crippen LogP) is 7.24. The molecule has 2 heterocycles. The standard InChI is InChI=1S/C28H32F6N4O4S2/c1-14(28(32,33)34)38-44(4,41)18-11-10-16(20(21(18)29)23(30)31)22-17(12-15-8-6-5-7-9-15)35-25(43-22)24-37-36-19(42-24)13-27(2,3)26(39)40/h10-11,14-15,23H,4-9,12-13H2,1-3H3,(H,38,41)(H,39,40)/t14-,44?/m0/s1. The van der Waals surface area contributed by atoms with Gasteiger partial charge in [-0.25, -0.2) is 27.1 Å². The second kappa shape index (κ2) is 12.8. The van der Waals surface area contributed by atoms with Gasteiger partial charge in [0.2, 0.25) is 5.89 Å². The first-order chi connectivity index (χ1) is 20.4. The van der Waals surface area contributed by atoms with Crippen LogP contribution in [0.5, 0.6) is 0 Å². The molecule has 1 fully saturated rings. The Bertz CT molecular complexity index is 1610. The minimum atomic E-state index is -4.84. The molecular formula is C28H32F6N4O4S2. The van der Waals surface area contributed by atoms with Crippen molar-refractivity contribution in [1.29, 1.82) is 0 Å². The molecule has 4 rings (SSSR count). The number of alkyl halides is 5. The third kappa shape index (κ3) is 7.45. The normalized spacial score (nSPS) is 17.1. The van der Waals surface area contributed by atoms with E-state index in [9.17, 15) is 36.1 Å². The lowest BCUT2D eigenvalue weighted by Crippen LogP contribution is -2.43. The van der Waals surface area contributed by atoms with Gasteiger partial charge < -0.3 is 9.52 Å². The van der Waals surface area contributed by atoms with E-state index < -0.39 is 56.0 Å². The van der Waals surface area contributed by atoms with Gasteiger partial charge in [-0.15, -0.1) is 21.5 Å². The van der Waals surface area contributed by atoms with E-state index in [0.717, 1.165) is 55.6 Å². The minimum Gasteiger partial charge on any atom is -0.481 e. The molecule has 2 N–H and O–H groups in total. The third-order valence-corrected chi connectivity index (χ3v) is 10.4. The van der Waals surface area contributed by atoms with Crippen LogP contribution in [0.15, 0.2) is 21.4 Å². The van der Waals surface area contributed by atoms with E-state index in [1.54, 1.807) is 4.72 Å². The van der Waals surface area contributed by atoms with E-state index in [1.165, 1.54) is 13.8 Å². The molecule has 44 heavy (non-hydrogen) atoms. The Labute approximate surface area is 254 Å². The molecule has 1 aliphatic carbocycles. The van der Waals surface area contributed by atoms with E-state index in [4.69, 9.17) is 4.42 Å². The highest BCUT2D eigenvalue weighted by Gasteiger charge is 2.39. The maximum atomic E-state index is 15.7. The van der Waals surface area contributed by atoms with Crippen LogP contribution in [0, 0.1) is 17.2 Å². The zero-order valence-electron chi connectivity index (χ0n) is 24.1. The Morgan fingerprint density at radius 2 is 1.86 bits per heavy atom. The van der Waals surface area contributed by atoms with E-state index in [2.05, 4.69) is 21.1 Å². The van der Waals surface area contributed by atoms with Gasteiger partial charge in [-0.05, 0) is 45.0 Å². The quantitative estimate of drug-likeness (QED) is 0.164. The zero-order valence-corrected chi connectivity index (χ0v) is 25.8. The number of aromatic nitrogens is 3. The van der Waals surface area contributed by atoms with Crippen molar-refractivity contribution < 1.29 is 44.9 Å². The Hall–Kier alpha value is -2.98. The highest BCUT2D eigenvalue weighted by atomic mass is 32.2. The van der Waals surface area contributed by atoms with Gasteiger partial charge in [-0.3, -0.25) is 4.79 Å². The molecular weight excluding hydrogens is 634 g/mol. The van der Waals surface area contributed by atoms with Crippen molar-refractivity contribution in [3.05, 3.63) is 35.1 Å². The summed E-state index contributed by atoms with van der Waals surface area (Å²) in [5, 5.41) is 17.4. The number of benzene rings is 1. The van der Waals surface area contributed by atoms with E-state index >= 15 is 4.39 Å². The molecule has 0 spiro atoms.